The number of hydrogen-bond donors (Lipinski definition) is 0. The predicted octanol–water partition coefficient (Wildman–Crippen LogP) is 5.00. The van der Waals surface area contributed by atoms with Crippen molar-refractivity contribution in [3.8, 4) is 17.2 Å². The molecule has 0 fully saturated rings. The van der Waals surface area contributed by atoms with Crippen LogP contribution in [0.5, 0.6) is 17.2 Å². The number of imidazole rings is 1. The van der Waals surface area contributed by atoms with Gasteiger partial charge >= 0.3 is 0 Å². The van der Waals surface area contributed by atoms with Crippen LogP contribution >= 0.6 is 0 Å². The number of carbonyl (C=O) groups is 1. The highest BCUT2D eigenvalue weighted by Gasteiger charge is 2.24. The molecule has 1 aliphatic rings. The summed E-state index contributed by atoms with van der Waals surface area (Å²) in [5, 5.41) is 0. The summed E-state index contributed by atoms with van der Waals surface area (Å²) in [5.41, 5.74) is 4.08. The number of aromatic nitrogens is 2. The first-order chi connectivity index (χ1) is 17.7. The van der Waals surface area contributed by atoms with Crippen LogP contribution in [0.3, 0.4) is 0 Å². The van der Waals surface area contributed by atoms with Crippen molar-refractivity contribution < 1.29 is 19.0 Å². The number of nitrogens with zero attached hydrogens (tertiary/aromatic N) is 3. The molecular formula is C29H31N3O4. The second-order valence-electron chi connectivity index (χ2n) is 8.70. The molecule has 1 aromatic heterocycles. The molecule has 1 aliphatic heterocycles. The third kappa shape index (κ3) is 5.00. The van der Waals surface area contributed by atoms with Gasteiger partial charge in [-0.2, -0.15) is 0 Å². The Hall–Kier alpha value is -4.00. The molecule has 36 heavy (non-hydrogen) atoms. The Morgan fingerprint density at radius 2 is 1.58 bits per heavy atom. The number of amides is 1. The van der Waals surface area contributed by atoms with Crippen LogP contribution in [0, 0.1) is 0 Å². The molecule has 2 heterocycles. The normalized spacial score (nSPS) is 12.9. The molecule has 0 atom stereocenters. The van der Waals surface area contributed by atoms with Gasteiger partial charge in [0.25, 0.3) is 0 Å². The minimum Gasteiger partial charge on any atom is -0.490 e. The van der Waals surface area contributed by atoms with E-state index in [9.17, 15) is 4.79 Å². The first-order valence-electron chi connectivity index (χ1n) is 12.5. The van der Waals surface area contributed by atoms with Crippen molar-refractivity contribution in [3.63, 3.8) is 0 Å². The molecule has 0 aliphatic carbocycles. The summed E-state index contributed by atoms with van der Waals surface area (Å²) in [6, 6.07) is 21.6. The standard InChI is InChI=1S/C29H31N3O4/c1-3-34-26-16-21-14-15-31(18-22(21)17-27(26)35-4-2)29(33)19-32-25-13-9-8-12-24(25)30-28(32)20-36-23-10-6-5-7-11-23/h5-13,16-17H,3-4,14-15,18-20H2,1-2H3. The summed E-state index contributed by atoms with van der Waals surface area (Å²) >= 11 is 0. The zero-order chi connectivity index (χ0) is 24.9. The van der Waals surface area contributed by atoms with Gasteiger partial charge in [-0.15, -0.1) is 0 Å². The van der Waals surface area contributed by atoms with Crippen molar-refractivity contribution in [2.45, 2.75) is 40.0 Å². The van der Waals surface area contributed by atoms with E-state index in [2.05, 4.69) is 6.07 Å². The molecule has 7 heteroatoms. The Bertz CT molecular complexity index is 1350. The highest BCUT2D eigenvalue weighted by molar-refractivity contribution is 5.81. The number of ether oxygens (including phenoxy) is 3. The van der Waals surface area contributed by atoms with E-state index in [4.69, 9.17) is 19.2 Å². The average molecular weight is 486 g/mol. The fourth-order valence-electron chi connectivity index (χ4n) is 4.63. The third-order valence-electron chi connectivity index (χ3n) is 6.37. The molecule has 186 valence electrons. The van der Waals surface area contributed by atoms with E-state index >= 15 is 0 Å². The van der Waals surface area contributed by atoms with Crippen molar-refractivity contribution in [2.75, 3.05) is 19.8 Å². The van der Waals surface area contributed by atoms with Crippen molar-refractivity contribution in [3.05, 3.63) is 83.7 Å². The summed E-state index contributed by atoms with van der Waals surface area (Å²) in [6.07, 6.45) is 0.780. The van der Waals surface area contributed by atoms with Gasteiger partial charge in [-0.1, -0.05) is 30.3 Å². The van der Waals surface area contributed by atoms with Crippen LogP contribution < -0.4 is 14.2 Å². The maximum atomic E-state index is 13.5. The highest BCUT2D eigenvalue weighted by atomic mass is 16.5. The van der Waals surface area contributed by atoms with Gasteiger partial charge < -0.3 is 23.7 Å². The maximum absolute atomic E-state index is 13.5. The SMILES string of the molecule is CCOc1cc2c(cc1OCC)CN(C(=O)Cn1c(COc3ccccc3)nc3ccccc31)CC2. The molecule has 0 radical (unpaired) electrons. The molecule has 1 amide bonds. The summed E-state index contributed by atoms with van der Waals surface area (Å²) in [6.45, 7) is 6.76. The summed E-state index contributed by atoms with van der Waals surface area (Å²) in [4.78, 5) is 20.2. The van der Waals surface area contributed by atoms with Crippen LogP contribution in [-0.2, 0) is 30.9 Å². The molecule has 4 aromatic rings. The molecule has 0 N–H and O–H groups in total. The van der Waals surface area contributed by atoms with Crippen molar-refractivity contribution in [2.24, 2.45) is 0 Å². The highest BCUT2D eigenvalue weighted by Crippen LogP contribution is 2.34. The topological polar surface area (TPSA) is 65.8 Å². The summed E-state index contributed by atoms with van der Waals surface area (Å²) in [7, 11) is 0. The lowest BCUT2D eigenvalue weighted by molar-refractivity contribution is -0.132. The number of para-hydroxylation sites is 3. The van der Waals surface area contributed by atoms with Gasteiger partial charge in [-0.25, -0.2) is 4.98 Å². The van der Waals surface area contributed by atoms with E-state index in [0.717, 1.165) is 46.1 Å². The minimum atomic E-state index is 0.0524. The van der Waals surface area contributed by atoms with Crippen LogP contribution in [0.2, 0.25) is 0 Å². The van der Waals surface area contributed by atoms with Crippen molar-refractivity contribution in [1.82, 2.24) is 14.5 Å². The quantitative estimate of drug-likeness (QED) is 0.334. The molecule has 0 unspecified atom stereocenters. The molecule has 0 bridgehead atoms. The number of fused-ring (bicyclic) bond motifs is 2. The van der Waals surface area contributed by atoms with Crippen LogP contribution in [-0.4, -0.2) is 40.1 Å². The smallest absolute Gasteiger partial charge is 0.242 e. The lowest BCUT2D eigenvalue weighted by atomic mass is 9.98. The molecule has 7 nitrogen and oxygen atoms in total. The maximum Gasteiger partial charge on any atom is 0.242 e. The Balaban J connectivity index is 1.36. The fourth-order valence-corrected chi connectivity index (χ4v) is 4.63. The number of carbonyl (C=O) groups excluding carboxylic acids is 1. The van der Waals surface area contributed by atoms with Crippen molar-refractivity contribution in [1.29, 1.82) is 0 Å². The van der Waals surface area contributed by atoms with Crippen LogP contribution in [0.4, 0.5) is 0 Å². The molecule has 0 saturated carbocycles. The first kappa shape index (κ1) is 23.7. The minimum absolute atomic E-state index is 0.0524. The van der Waals surface area contributed by atoms with Gasteiger partial charge in [0.2, 0.25) is 5.91 Å². The van der Waals surface area contributed by atoms with Crippen LogP contribution in [0.1, 0.15) is 30.8 Å². The molecule has 3 aromatic carbocycles. The lowest BCUT2D eigenvalue weighted by Gasteiger charge is -2.30. The van der Waals surface area contributed by atoms with Gasteiger partial charge in [0.15, 0.2) is 11.5 Å². The van der Waals surface area contributed by atoms with Crippen LogP contribution in [0.25, 0.3) is 11.0 Å². The summed E-state index contributed by atoms with van der Waals surface area (Å²) in [5.74, 6) is 3.05. The number of hydrogen-bond acceptors (Lipinski definition) is 5. The van der Waals surface area contributed by atoms with Gasteiger partial charge in [0.05, 0.1) is 24.2 Å². The Morgan fingerprint density at radius 1 is 0.889 bits per heavy atom. The Labute approximate surface area is 211 Å². The molecule has 0 spiro atoms. The third-order valence-corrected chi connectivity index (χ3v) is 6.37. The van der Waals surface area contributed by atoms with E-state index in [1.807, 2.05) is 84.0 Å². The molecular weight excluding hydrogens is 454 g/mol. The van der Waals surface area contributed by atoms with E-state index in [1.54, 1.807) is 0 Å². The summed E-state index contributed by atoms with van der Waals surface area (Å²) < 4.78 is 19.5. The van der Waals surface area contributed by atoms with Gasteiger partial charge in [-0.05, 0) is 67.8 Å². The average Bonchev–Trinajstić information content (AvgIpc) is 3.25. The first-order valence-corrected chi connectivity index (χ1v) is 12.5. The van der Waals surface area contributed by atoms with Gasteiger partial charge in [0.1, 0.15) is 24.7 Å². The Morgan fingerprint density at radius 3 is 2.33 bits per heavy atom. The van der Waals surface area contributed by atoms with Crippen LogP contribution in [0.15, 0.2) is 66.7 Å². The fraction of sp³-hybridized carbons (Fsp3) is 0.310. The zero-order valence-electron chi connectivity index (χ0n) is 20.8. The second-order valence-corrected chi connectivity index (χ2v) is 8.70. The zero-order valence-corrected chi connectivity index (χ0v) is 20.8. The van der Waals surface area contributed by atoms with E-state index in [-0.39, 0.29) is 19.1 Å². The monoisotopic (exact) mass is 485 g/mol. The number of rotatable bonds is 9. The second kappa shape index (κ2) is 10.7. The molecule has 0 saturated heterocycles. The number of benzene rings is 3. The predicted molar refractivity (Wildman–Crippen MR) is 138 cm³/mol. The Kier molecular flexibility index (Phi) is 7.07. The van der Waals surface area contributed by atoms with Gasteiger partial charge in [0, 0.05) is 13.1 Å². The van der Waals surface area contributed by atoms with E-state index in [1.165, 1.54) is 5.56 Å². The van der Waals surface area contributed by atoms with Gasteiger partial charge in [-0.3, -0.25) is 4.79 Å². The van der Waals surface area contributed by atoms with E-state index < -0.39 is 0 Å². The van der Waals surface area contributed by atoms with E-state index in [0.29, 0.717) is 26.3 Å². The molecule has 5 rings (SSSR count). The lowest BCUT2D eigenvalue weighted by Crippen LogP contribution is -2.38. The van der Waals surface area contributed by atoms with Crippen molar-refractivity contribution >= 4 is 16.9 Å². The largest absolute Gasteiger partial charge is 0.490 e.